The summed E-state index contributed by atoms with van der Waals surface area (Å²) in [4.78, 5) is 18.6. The van der Waals surface area contributed by atoms with E-state index in [2.05, 4.69) is 4.98 Å². The standard InChI is InChI=1S/C22H22N2O3/c25-21(17-4-2-1-3-5-17)18-10-12-24(13-11-18)22(26)19-8-6-16(7-9-19)20-14-23-15-27-20/h1-9,14-15,18,21,25H,10-13H2/t21-/m0/s1. The van der Waals surface area contributed by atoms with Gasteiger partial charge >= 0.3 is 0 Å². The van der Waals surface area contributed by atoms with E-state index in [1.165, 1.54) is 6.39 Å². The highest BCUT2D eigenvalue weighted by Gasteiger charge is 2.28. The van der Waals surface area contributed by atoms with Gasteiger partial charge in [-0.3, -0.25) is 4.79 Å². The summed E-state index contributed by atoms with van der Waals surface area (Å²) in [5.74, 6) is 0.904. The number of amides is 1. The van der Waals surface area contributed by atoms with E-state index in [0.29, 0.717) is 24.4 Å². The Labute approximate surface area is 158 Å². The molecule has 2 heterocycles. The quantitative estimate of drug-likeness (QED) is 0.764. The van der Waals surface area contributed by atoms with Gasteiger partial charge in [-0.2, -0.15) is 0 Å². The van der Waals surface area contributed by atoms with Crippen LogP contribution in [0, 0.1) is 5.92 Å². The molecule has 2 aromatic carbocycles. The first kappa shape index (κ1) is 17.5. The number of aliphatic hydroxyl groups excluding tert-OH is 1. The van der Waals surface area contributed by atoms with Gasteiger partial charge in [0.2, 0.25) is 0 Å². The maximum absolute atomic E-state index is 12.8. The lowest BCUT2D eigenvalue weighted by molar-refractivity contribution is 0.0462. The molecule has 1 N–H and O–H groups in total. The normalized spacial score (nSPS) is 16.3. The summed E-state index contributed by atoms with van der Waals surface area (Å²) in [6.07, 6.45) is 4.18. The summed E-state index contributed by atoms with van der Waals surface area (Å²) in [6, 6.07) is 17.1. The smallest absolute Gasteiger partial charge is 0.253 e. The van der Waals surface area contributed by atoms with Gasteiger partial charge in [0.05, 0.1) is 12.3 Å². The predicted octanol–water partition coefficient (Wildman–Crippen LogP) is 3.93. The number of nitrogens with zero attached hydrogens (tertiary/aromatic N) is 2. The molecular weight excluding hydrogens is 340 g/mol. The van der Waals surface area contributed by atoms with Gasteiger partial charge in [0, 0.05) is 24.2 Å². The zero-order valence-electron chi connectivity index (χ0n) is 15.0. The number of oxazole rings is 1. The van der Waals surface area contributed by atoms with E-state index in [1.54, 1.807) is 6.20 Å². The van der Waals surface area contributed by atoms with Gasteiger partial charge in [-0.1, -0.05) is 42.5 Å². The minimum atomic E-state index is -0.468. The molecule has 1 amide bonds. The Bertz CT molecular complexity index is 868. The van der Waals surface area contributed by atoms with E-state index in [0.717, 1.165) is 24.0 Å². The molecule has 1 aliphatic rings. The number of piperidine rings is 1. The minimum absolute atomic E-state index is 0.0340. The van der Waals surface area contributed by atoms with Crippen LogP contribution in [0.1, 0.15) is 34.9 Å². The number of benzene rings is 2. The molecule has 0 saturated carbocycles. The minimum Gasteiger partial charge on any atom is -0.444 e. The van der Waals surface area contributed by atoms with E-state index in [4.69, 9.17) is 4.42 Å². The van der Waals surface area contributed by atoms with Crippen LogP contribution in [0.4, 0.5) is 0 Å². The molecule has 1 atom stereocenters. The van der Waals surface area contributed by atoms with Gasteiger partial charge in [-0.25, -0.2) is 4.98 Å². The van der Waals surface area contributed by atoms with Crippen LogP contribution in [0.3, 0.4) is 0 Å². The largest absolute Gasteiger partial charge is 0.444 e. The van der Waals surface area contributed by atoms with Crippen LogP contribution in [0.2, 0.25) is 0 Å². The van der Waals surface area contributed by atoms with Crippen LogP contribution >= 0.6 is 0 Å². The predicted molar refractivity (Wildman–Crippen MR) is 102 cm³/mol. The third kappa shape index (κ3) is 3.78. The average Bonchev–Trinajstić information content (AvgIpc) is 3.28. The van der Waals surface area contributed by atoms with Gasteiger partial charge in [-0.15, -0.1) is 0 Å². The summed E-state index contributed by atoms with van der Waals surface area (Å²) in [5.41, 5.74) is 2.51. The molecule has 0 unspecified atom stereocenters. The molecule has 1 saturated heterocycles. The van der Waals surface area contributed by atoms with Crippen LogP contribution in [0.25, 0.3) is 11.3 Å². The van der Waals surface area contributed by atoms with Crippen LogP contribution in [-0.4, -0.2) is 34.0 Å². The molecule has 0 spiro atoms. The maximum Gasteiger partial charge on any atom is 0.253 e. The van der Waals surface area contributed by atoms with Gasteiger partial charge in [0.15, 0.2) is 12.2 Å². The summed E-state index contributed by atoms with van der Waals surface area (Å²) in [7, 11) is 0. The molecule has 1 fully saturated rings. The Morgan fingerprint density at radius 1 is 1.07 bits per heavy atom. The zero-order valence-corrected chi connectivity index (χ0v) is 15.0. The number of carbonyl (C=O) groups excluding carboxylic acids is 1. The highest BCUT2D eigenvalue weighted by atomic mass is 16.3. The summed E-state index contributed by atoms with van der Waals surface area (Å²) < 4.78 is 5.28. The highest BCUT2D eigenvalue weighted by Crippen LogP contribution is 2.31. The van der Waals surface area contributed by atoms with Crippen molar-refractivity contribution >= 4 is 5.91 Å². The van der Waals surface area contributed by atoms with Crippen LogP contribution in [-0.2, 0) is 0 Å². The molecule has 1 aromatic heterocycles. The van der Waals surface area contributed by atoms with Crippen molar-refractivity contribution in [2.24, 2.45) is 5.92 Å². The summed E-state index contributed by atoms with van der Waals surface area (Å²) >= 11 is 0. The van der Waals surface area contributed by atoms with E-state index in [1.807, 2.05) is 59.5 Å². The topological polar surface area (TPSA) is 66.6 Å². The first-order chi connectivity index (χ1) is 13.2. The van der Waals surface area contributed by atoms with Gasteiger partial charge in [0.1, 0.15) is 0 Å². The monoisotopic (exact) mass is 362 g/mol. The third-order valence-electron chi connectivity index (χ3n) is 5.26. The number of hydrogen-bond acceptors (Lipinski definition) is 4. The number of aliphatic hydroxyl groups is 1. The fourth-order valence-electron chi connectivity index (χ4n) is 3.66. The Balaban J connectivity index is 1.37. The van der Waals surface area contributed by atoms with Gasteiger partial charge in [0.25, 0.3) is 5.91 Å². The number of aromatic nitrogens is 1. The van der Waals surface area contributed by atoms with Gasteiger partial charge in [-0.05, 0) is 36.5 Å². The second-order valence-corrected chi connectivity index (χ2v) is 6.93. The van der Waals surface area contributed by atoms with Crippen LogP contribution in [0.15, 0.2) is 71.6 Å². The van der Waals surface area contributed by atoms with Crippen molar-refractivity contribution in [1.82, 2.24) is 9.88 Å². The Kier molecular flexibility index (Phi) is 5.03. The second kappa shape index (κ2) is 7.76. The lowest BCUT2D eigenvalue weighted by Crippen LogP contribution is -2.39. The second-order valence-electron chi connectivity index (χ2n) is 6.93. The lowest BCUT2D eigenvalue weighted by Gasteiger charge is -2.34. The molecule has 0 bridgehead atoms. The van der Waals surface area contributed by atoms with Crippen LogP contribution < -0.4 is 0 Å². The lowest BCUT2D eigenvalue weighted by atomic mass is 9.87. The fourth-order valence-corrected chi connectivity index (χ4v) is 3.66. The number of rotatable bonds is 4. The molecule has 1 aliphatic heterocycles. The van der Waals surface area contributed by atoms with E-state index in [9.17, 15) is 9.90 Å². The van der Waals surface area contributed by atoms with Gasteiger partial charge < -0.3 is 14.4 Å². The number of hydrogen-bond donors (Lipinski definition) is 1. The molecule has 3 aromatic rings. The maximum atomic E-state index is 12.8. The number of likely N-dealkylation sites (tertiary alicyclic amines) is 1. The third-order valence-corrected chi connectivity index (χ3v) is 5.26. The molecule has 0 aliphatic carbocycles. The van der Waals surface area contributed by atoms with Crippen LogP contribution in [0.5, 0.6) is 0 Å². The Morgan fingerprint density at radius 2 is 1.78 bits per heavy atom. The van der Waals surface area contributed by atoms with Crippen molar-refractivity contribution in [2.45, 2.75) is 18.9 Å². The molecule has 5 nitrogen and oxygen atoms in total. The zero-order chi connectivity index (χ0) is 18.6. The SMILES string of the molecule is O=C(c1ccc(-c2cnco2)cc1)N1CCC([C@@H](O)c2ccccc2)CC1. The molecule has 27 heavy (non-hydrogen) atoms. The first-order valence-electron chi connectivity index (χ1n) is 9.23. The van der Waals surface area contributed by atoms with Crippen molar-refractivity contribution in [2.75, 3.05) is 13.1 Å². The van der Waals surface area contributed by atoms with Crippen molar-refractivity contribution in [1.29, 1.82) is 0 Å². The van der Waals surface area contributed by atoms with E-state index >= 15 is 0 Å². The van der Waals surface area contributed by atoms with Crippen molar-refractivity contribution < 1.29 is 14.3 Å². The van der Waals surface area contributed by atoms with Crippen molar-refractivity contribution in [3.05, 3.63) is 78.3 Å². The summed E-state index contributed by atoms with van der Waals surface area (Å²) in [5, 5.41) is 10.6. The molecule has 5 heteroatoms. The fraction of sp³-hybridized carbons (Fsp3) is 0.273. The van der Waals surface area contributed by atoms with Crippen molar-refractivity contribution in [3.63, 3.8) is 0 Å². The molecule has 4 rings (SSSR count). The Morgan fingerprint density at radius 3 is 2.41 bits per heavy atom. The van der Waals surface area contributed by atoms with E-state index < -0.39 is 6.10 Å². The first-order valence-corrected chi connectivity index (χ1v) is 9.23. The number of carbonyl (C=O) groups is 1. The average molecular weight is 362 g/mol. The molecule has 138 valence electrons. The highest BCUT2D eigenvalue weighted by molar-refractivity contribution is 5.94. The molecular formula is C22H22N2O3. The Hall–Kier alpha value is -2.92. The van der Waals surface area contributed by atoms with E-state index in [-0.39, 0.29) is 11.8 Å². The van der Waals surface area contributed by atoms with Crippen molar-refractivity contribution in [3.8, 4) is 11.3 Å². The molecule has 0 radical (unpaired) electrons. The summed E-state index contributed by atoms with van der Waals surface area (Å²) in [6.45, 7) is 1.33.